The molecule has 1 saturated carbocycles. The first-order valence-electron chi connectivity index (χ1n) is 6.33. The summed E-state index contributed by atoms with van der Waals surface area (Å²) in [5, 5.41) is 15.7. The lowest BCUT2D eigenvalue weighted by atomic mass is 10.0. The van der Waals surface area contributed by atoms with Crippen LogP contribution in [-0.2, 0) is 13.2 Å². The van der Waals surface area contributed by atoms with E-state index >= 15 is 0 Å². The van der Waals surface area contributed by atoms with Crippen molar-refractivity contribution in [2.75, 3.05) is 6.54 Å². The molecule has 1 aromatic heterocycles. The molecule has 1 fully saturated rings. The van der Waals surface area contributed by atoms with Gasteiger partial charge in [-0.2, -0.15) is 18.3 Å². The lowest BCUT2D eigenvalue weighted by Gasteiger charge is -2.22. The number of aliphatic hydroxyl groups is 1. The van der Waals surface area contributed by atoms with Crippen LogP contribution in [0.25, 0.3) is 0 Å². The first-order valence-corrected chi connectivity index (χ1v) is 6.33. The van der Waals surface area contributed by atoms with Gasteiger partial charge in [0, 0.05) is 19.8 Å². The van der Waals surface area contributed by atoms with Crippen LogP contribution in [0.15, 0.2) is 6.20 Å². The summed E-state index contributed by atoms with van der Waals surface area (Å²) in [5.74, 6) is -0.870. The summed E-state index contributed by atoms with van der Waals surface area (Å²) in [7, 11) is 1.32. The second-order valence-corrected chi connectivity index (χ2v) is 5.18. The molecule has 0 radical (unpaired) electrons. The number of hydrogen-bond acceptors (Lipinski definition) is 3. The Hall–Kier alpha value is -1.57. The predicted octanol–water partition coefficient (Wildman–Crippen LogP) is 1.47. The topological polar surface area (TPSA) is 67.2 Å². The van der Waals surface area contributed by atoms with E-state index < -0.39 is 28.9 Å². The highest BCUT2D eigenvalue weighted by molar-refractivity contribution is 5.95. The van der Waals surface area contributed by atoms with Crippen LogP contribution < -0.4 is 5.32 Å². The van der Waals surface area contributed by atoms with Crippen LogP contribution in [0, 0.1) is 0 Å². The molecule has 2 N–H and O–H groups in total. The monoisotopic (exact) mass is 291 g/mol. The minimum Gasteiger partial charge on any atom is -0.388 e. The van der Waals surface area contributed by atoms with Crippen molar-refractivity contribution < 1.29 is 23.1 Å². The quantitative estimate of drug-likeness (QED) is 0.886. The Kier molecular flexibility index (Phi) is 3.77. The molecule has 0 atom stereocenters. The number of halogens is 3. The number of alkyl halides is 3. The standard InChI is InChI=1S/C12H16F3N3O2/c1-18-6-8(9(17-18)12(13,14)15)10(19)16-7-11(20)4-2-3-5-11/h6,20H,2-5,7H2,1H3,(H,16,19). The number of rotatable bonds is 3. The summed E-state index contributed by atoms with van der Waals surface area (Å²) in [6.45, 7) is -0.0436. The van der Waals surface area contributed by atoms with Crippen molar-refractivity contribution in [3.05, 3.63) is 17.5 Å². The maximum absolute atomic E-state index is 12.7. The van der Waals surface area contributed by atoms with Gasteiger partial charge in [-0.15, -0.1) is 0 Å². The highest BCUT2D eigenvalue weighted by Gasteiger charge is 2.39. The normalized spacial score (nSPS) is 18.2. The maximum atomic E-state index is 12.7. The Labute approximate surface area is 113 Å². The highest BCUT2D eigenvalue weighted by Crippen LogP contribution is 2.31. The van der Waals surface area contributed by atoms with Crippen molar-refractivity contribution in [2.45, 2.75) is 37.5 Å². The van der Waals surface area contributed by atoms with Gasteiger partial charge in [0.25, 0.3) is 5.91 Å². The van der Waals surface area contributed by atoms with E-state index in [0.29, 0.717) is 12.8 Å². The molecule has 1 aliphatic rings. The smallest absolute Gasteiger partial charge is 0.388 e. The third-order valence-electron chi connectivity index (χ3n) is 3.45. The second-order valence-electron chi connectivity index (χ2n) is 5.18. The molecular weight excluding hydrogens is 275 g/mol. The molecule has 0 spiro atoms. The lowest BCUT2D eigenvalue weighted by Crippen LogP contribution is -2.41. The van der Waals surface area contributed by atoms with E-state index in [0.717, 1.165) is 23.7 Å². The Morgan fingerprint density at radius 3 is 2.65 bits per heavy atom. The van der Waals surface area contributed by atoms with Gasteiger partial charge in [0.1, 0.15) is 0 Å². The highest BCUT2D eigenvalue weighted by atomic mass is 19.4. The van der Waals surface area contributed by atoms with Crippen molar-refractivity contribution in [3.8, 4) is 0 Å². The molecule has 5 nitrogen and oxygen atoms in total. The fourth-order valence-corrected chi connectivity index (χ4v) is 2.41. The number of amides is 1. The van der Waals surface area contributed by atoms with E-state index in [2.05, 4.69) is 10.4 Å². The van der Waals surface area contributed by atoms with Crippen molar-refractivity contribution in [3.63, 3.8) is 0 Å². The van der Waals surface area contributed by atoms with Gasteiger partial charge in [-0.1, -0.05) is 12.8 Å². The largest absolute Gasteiger partial charge is 0.435 e. The molecule has 0 unspecified atom stereocenters. The number of nitrogens with one attached hydrogen (secondary N) is 1. The molecule has 2 rings (SSSR count). The second kappa shape index (κ2) is 5.08. The molecule has 112 valence electrons. The summed E-state index contributed by atoms with van der Waals surface area (Å²) in [6.07, 6.45) is -0.853. The average Bonchev–Trinajstić information content (AvgIpc) is 2.92. The van der Waals surface area contributed by atoms with Gasteiger partial charge in [0.15, 0.2) is 5.69 Å². The number of carbonyl (C=O) groups excluding carboxylic acids is 1. The Morgan fingerprint density at radius 1 is 1.50 bits per heavy atom. The minimum absolute atomic E-state index is 0.0436. The Bertz CT molecular complexity index is 505. The summed E-state index contributed by atoms with van der Waals surface area (Å²) >= 11 is 0. The molecule has 0 saturated heterocycles. The van der Waals surface area contributed by atoms with Crippen LogP contribution >= 0.6 is 0 Å². The number of nitrogens with zero attached hydrogens (tertiary/aromatic N) is 2. The van der Waals surface area contributed by atoms with Gasteiger partial charge in [0.05, 0.1) is 11.2 Å². The lowest BCUT2D eigenvalue weighted by molar-refractivity contribution is -0.141. The fraction of sp³-hybridized carbons (Fsp3) is 0.667. The number of aromatic nitrogens is 2. The molecule has 0 aliphatic heterocycles. The maximum Gasteiger partial charge on any atom is 0.435 e. The molecular formula is C12H16F3N3O2. The number of hydrogen-bond donors (Lipinski definition) is 2. The average molecular weight is 291 g/mol. The Balaban J connectivity index is 2.09. The van der Waals surface area contributed by atoms with Crippen molar-refractivity contribution >= 4 is 5.91 Å². The van der Waals surface area contributed by atoms with Crippen LogP contribution in [0.2, 0.25) is 0 Å². The summed E-state index contributed by atoms with van der Waals surface area (Å²) in [5.41, 5.74) is -2.74. The van der Waals surface area contributed by atoms with Gasteiger partial charge in [-0.25, -0.2) is 0 Å². The molecule has 1 heterocycles. The summed E-state index contributed by atoms with van der Waals surface area (Å²) < 4.78 is 39.1. The predicted molar refractivity (Wildman–Crippen MR) is 64.0 cm³/mol. The van der Waals surface area contributed by atoms with Crippen molar-refractivity contribution in [1.82, 2.24) is 15.1 Å². The van der Waals surface area contributed by atoms with Gasteiger partial charge < -0.3 is 10.4 Å². The van der Waals surface area contributed by atoms with E-state index in [9.17, 15) is 23.1 Å². The first kappa shape index (κ1) is 14.8. The van der Waals surface area contributed by atoms with Crippen LogP contribution in [0.5, 0.6) is 0 Å². The van der Waals surface area contributed by atoms with Crippen LogP contribution in [-0.4, -0.2) is 32.9 Å². The molecule has 20 heavy (non-hydrogen) atoms. The summed E-state index contributed by atoms with van der Waals surface area (Å²) in [6, 6.07) is 0. The van der Waals surface area contributed by atoms with E-state index in [4.69, 9.17) is 0 Å². The first-order chi connectivity index (χ1) is 9.21. The van der Waals surface area contributed by atoms with Crippen LogP contribution in [0.3, 0.4) is 0 Å². The van der Waals surface area contributed by atoms with Gasteiger partial charge in [-0.05, 0) is 12.8 Å². The zero-order chi connectivity index (χ0) is 15.0. The van der Waals surface area contributed by atoms with Crippen molar-refractivity contribution in [1.29, 1.82) is 0 Å². The fourth-order valence-electron chi connectivity index (χ4n) is 2.41. The molecule has 1 amide bonds. The van der Waals surface area contributed by atoms with E-state index in [1.54, 1.807) is 0 Å². The third kappa shape index (κ3) is 3.12. The zero-order valence-corrected chi connectivity index (χ0v) is 11.0. The molecule has 8 heteroatoms. The zero-order valence-electron chi connectivity index (χ0n) is 11.0. The van der Waals surface area contributed by atoms with E-state index in [1.165, 1.54) is 7.05 Å². The summed E-state index contributed by atoms with van der Waals surface area (Å²) in [4.78, 5) is 11.8. The molecule has 1 aliphatic carbocycles. The number of carbonyl (C=O) groups is 1. The van der Waals surface area contributed by atoms with Gasteiger partial charge in [0.2, 0.25) is 0 Å². The Morgan fingerprint density at radius 2 is 2.10 bits per heavy atom. The molecule has 0 bridgehead atoms. The van der Waals surface area contributed by atoms with Gasteiger partial charge in [-0.3, -0.25) is 9.48 Å². The SMILES string of the molecule is Cn1cc(C(=O)NCC2(O)CCCC2)c(C(F)(F)F)n1. The number of aryl methyl sites for hydroxylation is 1. The van der Waals surface area contributed by atoms with Crippen LogP contribution in [0.4, 0.5) is 13.2 Å². The van der Waals surface area contributed by atoms with Crippen LogP contribution in [0.1, 0.15) is 41.7 Å². The molecule has 1 aromatic rings. The van der Waals surface area contributed by atoms with Crippen molar-refractivity contribution in [2.24, 2.45) is 7.05 Å². The van der Waals surface area contributed by atoms with E-state index in [-0.39, 0.29) is 6.54 Å². The minimum atomic E-state index is -4.68. The van der Waals surface area contributed by atoms with E-state index in [1.807, 2.05) is 0 Å². The van der Waals surface area contributed by atoms with Gasteiger partial charge >= 0.3 is 6.18 Å². The third-order valence-corrected chi connectivity index (χ3v) is 3.45. The molecule has 0 aromatic carbocycles.